The molecule has 1 aliphatic rings. The molecule has 23 heavy (non-hydrogen) atoms. The highest BCUT2D eigenvalue weighted by molar-refractivity contribution is 5.76. The fourth-order valence-electron chi connectivity index (χ4n) is 2.71. The summed E-state index contributed by atoms with van der Waals surface area (Å²) in [5.74, 6) is 3.59. The molecule has 7 nitrogen and oxygen atoms in total. The minimum absolute atomic E-state index is 0.00431. The summed E-state index contributed by atoms with van der Waals surface area (Å²) >= 11 is 0. The van der Waals surface area contributed by atoms with Gasteiger partial charge < -0.3 is 10.2 Å². The zero-order valence-corrected chi connectivity index (χ0v) is 14.3. The molecule has 2 rings (SSSR count). The predicted octanol–water partition coefficient (Wildman–Crippen LogP) is 1.77. The second-order valence-corrected chi connectivity index (χ2v) is 6.07. The van der Waals surface area contributed by atoms with Crippen molar-refractivity contribution in [3.63, 3.8) is 0 Å². The van der Waals surface area contributed by atoms with Gasteiger partial charge in [-0.05, 0) is 6.92 Å². The summed E-state index contributed by atoms with van der Waals surface area (Å²) in [5, 5.41) is 15.5. The van der Waals surface area contributed by atoms with Gasteiger partial charge in [0, 0.05) is 58.9 Å². The first-order valence-electron chi connectivity index (χ1n) is 7.72. The van der Waals surface area contributed by atoms with Crippen LogP contribution in [-0.2, 0) is 18.4 Å². The Hall–Kier alpha value is -2.36. The molecule has 2 heterocycles. The van der Waals surface area contributed by atoms with Gasteiger partial charge in [0.05, 0.1) is 5.69 Å². The number of aryl methyl sites for hydroxylation is 2. The van der Waals surface area contributed by atoms with E-state index in [1.807, 2.05) is 37.6 Å². The number of nitrogens with zero attached hydrogens (tertiary/aromatic N) is 5. The van der Waals surface area contributed by atoms with E-state index in [1.165, 1.54) is 0 Å². The van der Waals surface area contributed by atoms with Crippen LogP contribution in [0, 0.1) is 19.3 Å². The molecular weight excluding hydrogens is 292 g/mol. The minimum Gasteiger partial charge on any atom is -0.363 e. The Morgan fingerprint density at radius 1 is 1.39 bits per heavy atom. The van der Waals surface area contributed by atoms with Gasteiger partial charge in [0.2, 0.25) is 5.91 Å². The van der Waals surface area contributed by atoms with Crippen molar-refractivity contribution in [1.29, 1.82) is 0 Å². The van der Waals surface area contributed by atoms with Crippen LogP contribution in [0.1, 0.15) is 36.9 Å². The van der Waals surface area contributed by atoms with Gasteiger partial charge in [-0.25, -0.2) is 0 Å². The van der Waals surface area contributed by atoms with Crippen molar-refractivity contribution in [3.05, 3.63) is 11.3 Å². The standard InChI is InChI=1S/C16H24N6O/c1-6-7-9-16(19-20-16)10-8-14(23)17-11-13-12(2)18-22(5)15(13)21(3)4/h1H,7-11H2,2-5H3,(H,17,23). The minimum atomic E-state index is -0.400. The van der Waals surface area contributed by atoms with Gasteiger partial charge in [-0.15, -0.1) is 12.3 Å². The van der Waals surface area contributed by atoms with Crippen molar-refractivity contribution in [2.24, 2.45) is 17.3 Å². The number of hydrogen-bond donors (Lipinski definition) is 1. The molecule has 0 saturated carbocycles. The molecule has 0 fully saturated rings. The molecule has 0 bridgehead atoms. The van der Waals surface area contributed by atoms with Crippen LogP contribution in [0.5, 0.6) is 0 Å². The second kappa shape index (κ2) is 6.82. The fourth-order valence-corrected chi connectivity index (χ4v) is 2.71. The average Bonchev–Trinajstić information content (AvgIpc) is 3.20. The summed E-state index contributed by atoms with van der Waals surface area (Å²) in [4.78, 5) is 14.1. The monoisotopic (exact) mass is 316 g/mol. The lowest BCUT2D eigenvalue weighted by Gasteiger charge is -2.16. The first-order chi connectivity index (χ1) is 10.9. The number of carbonyl (C=O) groups excluding carboxylic acids is 1. The van der Waals surface area contributed by atoms with Crippen LogP contribution in [0.15, 0.2) is 10.2 Å². The van der Waals surface area contributed by atoms with E-state index in [2.05, 4.69) is 26.6 Å². The molecule has 7 heteroatoms. The van der Waals surface area contributed by atoms with Crippen LogP contribution in [0.25, 0.3) is 0 Å². The van der Waals surface area contributed by atoms with Crippen molar-refractivity contribution >= 4 is 11.7 Å². The Balaban J connectivity index is 1.85. The summed E-state index contributed by atoms with van der Waals surface area (Å²) in [7, 11) is 5.83. The molecule has 1 amide bonds. The lowest BCUT2D eigenvalue weighted by Crippen LogP contribution is -2.26. The Morgan fingerprint density at radius 2 is 2.09 bits per heavy atom. The van der Waals surface area contributed by atoms with Crippen LogP contribution < -0.4 is 10.2 Å². The first-order valence-corrected chi connectivity index (χ1v) is 7.72. The molecule has 1 aliphatic heterocycles. The summed E-state index contributed by atoms with van der Waals surface area (Å²) in [6, 6.07) is 0. The van der Waals surface area contributed by atoms with E-state index in [0.29, 0.717) is 25.8 Å². The Bertz CT molecular complexity index is 646. The molecular formula is C16H24N6O. The molecule has 0 saturated heterocycles. The Labute approximate surface area is 137 Å². The molecule has 0 unspecified atom stereocenters. The number of anilines is 1. The highest BCUT2D eigenvalue weighted by atomic mass is 16.1. The third kappa shape index (κ3) is 4.09. The van der Waals surface area contributed by atoms with Gasteiger partial charge in [0.1, 0.15) is 5.82 Å². The smallest absolute Gasteiger partial charge is 0.220 e. The van der Waals surface area contributed by atoms with Crippen LogP contribution in [0.4, 0.5) is 5.82 Å². The summed E-state index contributed by atoms with van der Waals surface area (Å²) < 4.78 is 1.83. The number of nitrogens with one attached hydrogen (secondary N) is 1. The van der Waals surface area contributed by atoms with Crippen molar-refractivity contribution in [3.8, 4) is 12.3 Å². The van der Waals surface area contributed by atoms with Gasteiger partial charge >= 0.3 is 0 Å². The van der Waals surface area contributed by atoms with Crippen LogP contribution in [-0.4, -0.2) is 35.4 Å². The van der Waals surface area contributed by atoms with E-state index in [0.717, 1.165) is 23.5 Å². The molecule has 1 aromatic heterocycles. The third-order valence-electron chi connectivity index (χ3n) is 4.00. The van der Waals surface area contributed by atoms with E-state index >= 15 is 0 Å². The normalized spacial score (nSPS) is 14.4. The van der Waals surface area contributed by atoms with Gasteiger partial charge in [0.15, 0.2) is 5.66 Å². The lowest BCUT2D eigenvalue weighted by atomic mass is 10.0. The number of aromatic nitrogens is 2. The van der Waals surface area contributed by atoms with Gasteiger partial charge in [-0.1, -0.05) is 0 Å². The Kier molecular flexibility index (Phi) is 5.04. The molecule has 0 aromatic carbocycles. The average molecular weight is 316 g/mol. The first kappa shape index (κ1) is 17.0. The number of hydrogen-bond acceptors (Lipinski definition) is 5. The molecule has 1 aromatic rings. The van der Waals surface area contributed by atoms with Crippen LogP contribution in [0.2, 0.25) is 0 Å². The van der Waals surface area contributed by atoms with E-state index < -0.39 is 5.66 Å². The van der Waals surface area contributed by atoms with E-state index in [9.17, 15) is 4.79 Å². The maximum absolute atomic E-state index is 12.1. The number of rotatable bonds is 8. The van der Waals surface area contributed by atoms with Gasteiger partial charge in [0.25, 0.3) is 0 Å². The molecule has 0 aliphatic carbocycles. The van der Waals surface area contributed by atoms with E-state index in [4.69, 9.17) is 6.42 Å². The quantitative estimate of drug-likeness (QED) is 0.743. The third-order valence-corrected chi connectivity index (χ3v) is 4.00. The molecule has 0 spiro atoms. The maximum Gasteiger partial charge on any atom is 0.220 e. The lowest BCUT2D eigenvalue weighted by molar-refractivity contribution is -0.121. The highest BCUT2D eigenvalue weighted by Gasteiger charge is 2.39. The van der Waals surface area contributed by atoms with Crippen LogP contribution >= 0.6 is 0 Å². The van der Waals surface area contributed by atoms with Crippen LogP contribution in [0.3, 0.4) is 0 Å². The highest BCUT2D eigenvalue weighted by Crippen LogP contribution is 2.37. The molecule has 1 N–H and O–H groups in total. The van der Waals surface area contributed by atoms with Crippen molar-refractivity contribution in [2.75, 3.05) is 19.0 Å². The SMILES string of the molecule is C#CCCC1(CCC(=O)NCc2c(C)nn(C)c2N(C)C)N=N1. The van der Waals surface area contributed by atoms with Crippen molar-refractivity contribution in [2.45, 2.75) is 44.8 Å². The van der Waals surface area contributed by atoms with Crippen molar-refractivity contribution < 1.29 is 4.79 Å². The zero-order valence-electron chi connectivity index (χ0n) is 14.3. The Morgan fingerprint density at radius 3 is 2.65 bits per heavy atom. The number of carbonyl (C=O) groups is 1. The molecule has 0 atom stereocenters. The van der Waals surface area contributed by atoms with Crippen molar-refractivity contribution in [1.82, 2.24) is 15.1 Å². The summed E-state index contributed by atoms with van der Waals surface area (Å²) in [5.41, 5.74) is 1.56. The molecule has 0 radical (unpaired) electrons. The van der Waals surface area contributed by atoms with E-state index in [-0.39, 0.29) is 5.91 Å². The molecule has 124 valence electrons. The summed E-state index contributed by atoms with van der Waals surface area (Å²) in [6.07, 6.45) is 7.64. The van der Waals surface area contributed by atoms with E-state index in [1.54, 1.807) is 0 Å². The second-order valence-electron chi connectivity index (χ2n) is 6.07. The topological polar surface area (TPSA) is 74.9 Å². The number of terminal acetylenes is 1. The zero-order chi connectivity index (χ0) is 17.0. The number of amides is 1. The van der Waals surface area contributed by atoms with Gasteiger partial charge in [-0.3, -0.25) is 9.48 Å². The fraction of sp³-hybridized carbons (Fsp3) is 0.625. The summed E-state index contributed by atoms with van der Waals surface area (Å²) in [6.45, 7) is 2.42. The van der Waals surface area contributed by atoms with Gasteiger partial charge in [-0.2, -0.15) is 15.3 Å². The largest absolute Gasteiger partial charge is 0.363 e. The predicted molar refractivity (Wildman–Crippen MR) is 89.0 cm³/mol. The maximum atomic E-state index is 12.1.